The smallest absolute Gasteiger partial charge is 0.162 e. The second kappa shape index (κ2) is 9.73. The number of nitrogens with one attached hydrogen (secondary N) is 3. The van der Waals surface area contributed by atoms with Crippen molar-refractivity contribution in [1.29, 1.82) is 0 Å². The molecule has 0 spiro atoms. The number of rotatable bonds is 6. The van der Waals surface area contributed by atoms with Crippen molar-refractivity contribution in [3.63, 3.8) is 0 Å². The molecule has 0 radical (unpaired) electrons. The van der Waals surface area contributed by atoms with Crippen molar-refractivity contribution in [2.45, 2.75) is 12.5 Å². The summed E-state index contributed by atoms with van der Waals surface area (Å²) in [6.07, 6.45) is 4.81. The molecule has 2 saturated heterocycles. The molecule has 180 valence electrons. The average Bonchev–Trinajstić information content (AvgIpc) is 3.58. The van der Waals surface area contributed by atoms with E-state index >= 15 is 0 Å². The Hall–Kier alpha value is -3.34. The number of hydrogen-bond acceptors (Lipinski definition) is 10. The number of hydrogen-bond donors (Lipinski definition) is 3. The molecule has 10 heteroatoms. The van der Waals surface area contributed by atoms with Gasteiger partial charge >= 0.3 is 0 Å². The summed E-state index contributed by atoms with van der Waals surface area (Å²) in [6.45, 7) is 6.19. The number of anilines is 4. The van der Waals surface area contributed by atoms with Crippen LogP contribution >= 0.6 is 11.3 Å². The number of thiophene rings is 1. The fourth-order valence-electron chi connectivity index (χ4n) is 4.54. The van der Waals surface area contributed by atoms with E-state index in [1.165, 1.54) is 0 Å². The first-order valence-corrected chi connectivity index (χ1v) is 12.9. The monoisotopic (exact) mass is 487 g/mol. The molecule has 6 heterocycles. The zero-order valence-electron chi connectivity index (χ0n) is 19.7. The lowest BCUT2D eigenvalue weighted by molar-refractivity contribution is 0.313. The highest BCUT2D eigenvalue weighted by Gasteiger charge is 2.18. The summed E-state index contributed by atoms with van der Waals surface area (Å²) >= 11 is 1.67. The van der Waals surface area contributed by atoms with Crippen molar-refractivity contribution in [2.75, 3.05) is 61.8 Å². The number of likely N-dealkylation sites (N-methyl/N-ethyl adjacent to an activating group) is 1. The maximum Gasteiger partial charge on any atom is 0.162 e. The maximum absolute atomic E-state index is 4.90. The number of fused-ring (bicyclic) bond motifs is 1. The van der Waals surface area contributed by atoms with Gasteiger partial charge in [-0.2, -0.15) is 0 Å². The van der Waals surface area contributed by atoms with Gasteiger partial charge in [-0.1, -0.05) is 0 Å². The lowest BCUT2D eigenvalue weighted by atomic mass is 10.2. The summed E-state index contributed by atoms with van der Waals surface area (Å²) in [6, 6.07) is 10.5. The van der Waals surface area contributed by atoms with E-state index in [4.69, 9.17) is 9.97 Å². The molecule has 0 aromatic carbocycles. The first-order chi connectivity index (χ1) is 17.2. The van der Waals surface area contributed by atoms with Crippen LogP contribution in [0.4, 0.5) is 23.1 Å². The first kappa shape index (κ1) is 22.1. The van der Waals surface area contributed by atoms with Gasteiger partial charge in [0.25, 0.3) is 0 Å². The molecule has 2 fully saturated rings. The maximum atomic E-state index is 4.90. The number of nitrogens with zero attached hydrogens (tertiary/aromatic N) is 6. The quantitative estimate of drug-likeness (QED) is 0.378. The van der Waals surface area contributed by atoms with Gasteiger partial charge in [-0.25, -0.2) is 19.9 Å². The summed E-state index contributed by atoms with van der Waals surface area (Å²) in [5, 5.41) is 12.4. The Morgan fingerprint density at radius 2 is 1.94 bits per heavy atom. The van der Waals surface area contributed by atoms with E-state index in [1.54, 1.807) is 17.5 Å². The summed E-state index contributed by atoms with van der Waals surface area (Å²) in [5.41, 5.74) is 3.03. The van der Waals surface area contributed by atoms with E-state index in [0.717, 1.165) is 78.8 Å². The van der Waals surface area contributed by atoms with Crippen molar-refractivity contribution in [3.8, 4) is 11.4 Å². The summed E-state index contributed by atoms with van der Waals surface area (Å²) in [4.78, 5) is 23.6. The van der Waals surface area contributed by atoms with Gasteiger partial charge in [0.2, 0.25) is 0 Å². The molecule has 9 nitrogen and oxygen atoms in total. The van der Waals surface area contributed by atoms with Crippen LogP contribution in [0.3, 0.4) is 0 Å². The second-order valence-corrected chi connectivity index (χ2v) is 10.0. The zero-order chi connectivity index (χ0) is 23.6. The van der Waals surface area contributed by atoms with Crippen LogP contribution < -0.4 is 20.9 Å². The molecule has 4 aromatic rings. The highest BCUT2D eigenvalue weighted by atomic mass is 32.1. The third-order valence-electron chi connectivity index (χ3n) is 6.60. The van der Waals surface area contributed by atoms with Crippen LogP contribution in [0.25, 0.3) is 21.6 Å². The van der Waals surface area contributed by atoms with Crippen molar-refractivity contribution in [1.82, 2.24) is 30.2 Å². The number of aromatic nitrogens is 4. The van der Waals surface area contributed by atoms with Gasteiger partial charge in [-0.15, -0.1) is 11.3 Å². The van der Waals surface area contributed by atoms with Gasteiger partial charge in [-0.05, 0) is 55.7 Å². The van der Waals surface area contributed by atoms with Crippen LogP contribution in [-0.4, -0.2) is 77.2 Å². The topological polar surface area (TPSA) is 94.1 Å². The highest BCUT2D eigenvalue weighted by molar-refractivity contribution is 7.17. The summed E-state index contributed by atoms with van der Waals surface area (Å²) < 4.78 is 1.10. The molecule has 2 aliphatic rings. The molecular formula is C25H29N9S. The Labute approximate surface area is 208 Å². The Morgan fingerprint density at radius 1 is 1.03 bits per heavy atom. The molecule has 2 aliphatic heterocycles. The Balaban J connectivity index is 1.21. The Kier molecular flexibility index (Phi) is 6.15. The second-order valence-electron chi connectivity index (χ2n) is 9.11. The summed E-state index contributed by atoms with van der Waals surface area (Å²) in [7, 11) is 2.16. The standard InChI is InChI=1S/C25H29N9S/c1-33-9-11-34(12-10-33)19-2-3-21(28-16-19)31-22-14-17(4-8-27-22)24-30-20-6-13-35-23(20)25(32-24)29-18-5-7-26-15-18/h2-4,6,8,13-14,16,18,26H,5,7,9-12,15H2,1H3,(H,27,28,31)(H,29,30,32). The fraction of sp³-hybridized carbons (Fsp3) is 0.360. The van der Waals surface area contributed by atoms with Crippen LogP contribution in [0.15, 0.2) is 48.1 Å². The minimum atomic E-state index is 0.387. The van der Waals surface area contributed by atoms with Crippen LogP contribution in [0.2, 0.25) is 0 Å². The molecule has 6 rings (SSSR count). The lowest BCUT2D eigenvalue weighted by Crippen LogP contribution is -2.44. The Bertz CT molecular complexity index is 1290. The molecule has 3 N–H and O–H groups in total. The van der Waals surface area contributed by atoms with Crippen LogP contribution in [0.1, 0.15) is 6.42 Å². The summed E-state index contributed by atoms with van der Waals surface area (Å²) in [5.74, 6) is 3.07. The minimum Gasteiger partial charge on any atom is -0.368 e. The van der Waals surface area contributed by atoms with Crippen LogP contribution in [-0.2, 0) is 0 Å². The molecule has 0 bridgehead atoms. The lowest BCUT2D eigenvalue weighted by Gasteiger charge is -2.33. The molecule has 35 heavy (non-hydrogen) atoms. The van der Waals surface area contributed by atoms with E-state index in [-0.39, 0.29) is 0 Å². The molecule has 4 aromatic heterocycles. The van der Waals surface area contributed by atoms with Gasteiger partial charge in [-0.3, -0.25) is 0 Å². The van der Waals surface area contributed by atoms with E-state index in [2.05, 4.69) is 60.3 Å². The minimum absolute atomic E-state index is 0.387. The van der Waals surface area contributed by atoms with Gasteiger partial charge in [0.05, 0.1) is 22.1 Å². The average molecular weight is 488 g/mol. The molecule has 1 atom stereocenters. The predicted octanol–water partition coefficient (Wildman–Crippen LogP) is 3.42. The molecular weight excluding hydrogens is 458 g/mol. The van der Waals surface area contributed by atoms with Gasteiger partial charge in [0, 0.05) is 50.5 Å². The van der Waals surface area contributed by atoms with Crippen molar-refractivity contribution < 1.29 is 0 Å². The van der Waals surface area contributed by atoms with Crippen LogP contribution in [0.5, 0.6) is 0 Å². The van der Waals surface area contributed by atoms with Crippen LogP contribution in [0, 0.1) is 0 Å². The third-order valence-corrected chi connectivity index (χ3v) is 7.51. The van der Waals surface area contributed by atoms with Gasteiger partial charge < -0.3 is 25.8 Å². The van der Waals surface area contributed by atoms with Crippen molar-refractivity contribution in [2.24, 2.45) is 0 Å². The number of pyridine rings is 2. The zero-order valence-corrected chi connectivity index (χ0v) is 20.6. The highest BCUT2D eigenvalue weighted by Crippen LogP contribution is 2.30. The fourth-order valence-corrected chi connectivity index (χ4v) is 5.33. The van der Waals surface area contributed by atoms with Crippen molar-refractivity contribution in [3.05, 3.63) is 48.1 Å². The normalized spacial score (nSPS) is 18.8. The SMILES string of the molecule is CN1CCN(c2ccc(Nc3cc(-c4nc(NC5CCNC5)c5sccc5n4)ccn3)nc2)CC1. The van der Waals surface area contributed by atoms with E-state index in [1.807, 2.05) is 24.4 Å². The molecule has 0 aliphatic carbocycles. The number of piperazine rings is 1. The van der Waals surface area contributed by atoms with E-state index < -0.39 is 0 Å². The van der Waals surface area contributed by atoms with Crippen molar-refractivity contribution >= 4 is 44.7 Å². The molecule has 0 saturated carbocycles. The Morgan fingerprint density at radius 3 is 2.74 bits per heavy atom. The predicted molar refractivity (Wildman–Crippen MR) is 143 cm³/mol. The first-order valence-electron chi connectivity index (χ1n) is 12.1. The van der Waals surface area contributed by atoms with E-state index in [0.29, 0.717) is 17.7 Å². The van der Waals surface area contributed by atoms with Gasteiger partial charge in [0.1, 0.15) is 17.5 Å². The largest absolute Gasteiger partial charge is 0.368 e. The molecule has 0 amide bonds. The van der Waals surface area contributed by atoms with Gasteiger partial charge in [0.15, 0.2) is 5.82 Å². The molecule has 1 unspecified atom stereocenters. The third kappa shape index (κ3) is 4.90. The van der Waals surface area contributed by atoms with E-state index in [9.17, 15) is 0 Å².